The zero-order chi connectivity index (χ0) is 28.4. The molecule has 206 valence electrons. The average molecular weight is 536 g/mol. The lowest BCUT2D eigenvalue weighted by molar-refractivity contribution is -0.137. The predicted octanol–water partition coefficient (Wildman–Crippen LogP) is 5.02. The maximum atomic E-state index is 14.4. The highest BCUT2D eigenvalue weighted by atomic mass is 16.3. The van der Waals surface area contributed by atoms with Crippen LogP contribution in [-0.2, 0) is 22.7 Å². The molecule has 4 aromatic carbocycles. The molecule has 4 rings (SSSR count). The first-order valence-corrected chi connectivity index (χ1v) is 13.6. The summed E-state index contributed by atoms with van der Waals surface area (Å²) in [5.41, 5.74) is 8.70. The Morgan fingerprint density at radius 3 is 1.88 bits per heavy atom. The zero-order valence-electron chi connectivity index (χ0n) is 22.9. The summed E-state index contributed by atoms with van der Waals surface area (Å²) in [5.74, 6) is -1.38. The van der Waals surface area contributed by atoms with Crippen LogP contribution in [0.1, 0.15) is 41.0 Å². The first kappa shape index (κ1) is 28.7. The molecule has 0 aromatic heterocycles. The smallest absolute Gasteiger partial charge is 0.248 e. The molecule has 4 aromatic rings. The van der Waals surface area contributed by atoms with Gasteiger partial charge in [-0.15, -0.1) is 0 Å². The molecule has 6 heteroatoms. The standard InChI is InChI=1S/C34H37N3O3/c1-37(25-27-12-5-2-6-13-27)23-11-22-34(35,33(40)36-24-26-18-20-30(38)21-19-26)32(39)31(28-14-7-3-8-15-28)29-16-9-4-10-17-29/h2-10,12-21,31,38H,11,22-25,35H2,1H3,(H,36,40)/t34-/m1/s1. The number of ketones is 1. The summed E-state index contributed by atoms with van der Waals surface area (Å²) in [5, 5.41) is 12.5. The van der Waals surface area contributed by atoms with Crippen molar-refractivity contribution >= 4 is 11.7 Å². The van der Waals surface area contributed by atoms with Crippen LogP contribution in [0.2, 0.25) is 0 Å². The van der Waals surface area contributed by atoms with Gasteiger partial charge in [0.2, 0.25) is 5.91 Å². The van der Waals surface area contributed by atoms with E-state index in [1.54, 1.807) is 24.3 Å². The van der Waals surface area contributed by atoms with Gasteiger partial charge in [-0.3, -0.25) is 9.59 Å². The molecule has 0 radical (unpaired) electrons. The molecule has 4 N–H and O–H groups in total. The SMILES string of the molecule is CN(CCC[C@](N)(C(=O)NCc1ccc(O)cc1)C(=O)C(c1ccccc1)c1ccccc1)Cc1ccccc1. The summed E-state index contributed by atoms with van der Waals surface area (Å²) < 4.78 is 0. The van der Waals surface area contributed by atoms with E-state index in [1.165, 1.54) is 5.56 Å². The van der Waals surface area contributed by atoms with Gasteiger partial charge in [0.05, 0.1) is 5.92 Å². The number of carbonyl (C=O) groups is 2. The lowest BCUT2D eigenvalue weighted by Crippen LogP contribution is -2.61. The van der Waals surface area contributed by atoms with Crippen LogP contribution >= 0.6 is 0 Å². The van der Waals surface area contributed by atoms with Gasteiger partial charge in [0.15, 0.2) is 11.3 Å². The summed E-state index contributed by atoms with van der Waals surface area (Å²) in [7, 11) is 2.02. The van der Waals surface area contributed by atoms with E-state index in [0.717, 1.165) is 23.2 Å². The summed E-state index contributed by atoms with van der Waals surface area (Å²) in [6.07, 6.45) is 0.761. The Labute approximate surface area is 236 Å². The van der Waals surface area contributed by atoms with E-state index in [1.807, 2.05) is 85.9 Å². The van der Waals surface area contributed by atoms with Gasteiger partial charge < -0.3 is 21.1 Å². The Bertz CT molecular complexity index is 1320. The van der Waals surface area contributed by atoms with Crippen molar-refractivity contribution in [2.75, 3.05) is 13.6 Å². The quantitative estimate of drug-likeness (QED) is 0.209. The number of hydrogen-bond donors (Lipinski definition) is 3. The molecule has 0 bridgehead atoms. The molecule has 1 atom stereocenters. The number of phenolic OH excluding ortho intramolecular Hbond substituents is 1. The van der Waals surface area contributed by atoms with E-state index >= 15 is 0 Å². The molecule has 0 aliphatic heterocycles. The van der Waals surface area contributed by atoms with Gasteiger partial charge in [-0.25, -0.2) is 0 Å². The van der Waals surface area contributed by atoms with Crippen molar-refractivity contribution in [3.05, 3.63) is 138 Å². The Hall–Kier alpha value is -4.26. The number of Topliss-reactive ketones (excluding diaryl/α,β-unsaturated/α-hetero) is 1. The van der Waals surface area contributed by atoms with Gasteiger partial charge in [-0.05, 0) is 60.8 Å². The summed E-state index contributed by atoms with van der Waals surface area (Å²) in [6.45, 7) is 1.63. The number of hydrogen-bond acceptors (Lipinski definition) is 5. The van der Waals surface area contributed by atoms with Gasteiger partial charge in [0.1, 0.15) is 5.75 Å². The van der Waals surface area contributed by atoms with Crippen LogP contribution < -0.4 is 11.1 Å². The molecule has 0 aliphatic carbocycles. The predicted molar refractivity (Wildman–Crippen MR) is 159 cm³/mol. The maximum Gasteiger partial charge on any atom is 0.248 e. The Kier molecular flexibility index (Phi) is 9.84. The molecule has 1 amide bonds. The lowest BCUT2D eigenvalue weighted by atomic mass is 9.76. The number of benzene rings is 4. The van der Waals surface area contributed by atoms with E-state index in [9.17, 15) is 14.7 Å². The van der Waals surface area contributed by atoms with Gasteiger partial charge in [-0.2, -0.15) is 0 Å². The number of nitrogens with two attached hydrogens (primary N) is 1. The van der Waals surface area contributed by atoms with Gasteiger partial charge >= 0.3 is 0 Å². The average Bonchev–Trinajstić information content (AvgIpc) is 2.98. The third kappa shape index (κ3) is 7.44. The second-order valence-electron chi connectivity index (χ2n) is 10.3. The zero-order valence-corrected chi connectivity index (χ0v) is 22.9. The molecule has 0 spiro atoms. The van der Waals surface area contributed by atoms with Crippen molar-refractivity contribution in [3.63, 3.8) is 0 Å². The van der Waals surface area contributed by atoms with E-state index < -0.39 is 17.4 Å². The molecule has 0 aliphatic rings. The van der Waals surface area contributed by atoms with Crippen LogP contribution in [0.5, 0.6) is 5.75 Å². The molecular weight excluding hydrogens is 498 g/mol. The summed E-state index contributed by atoms with van der Waals surface area (Å²) in [4.78, 5) is 30.3. The van der Waals surface area contributed by atoms with Crippen molar-refractivity contribution in [3.8, 4) is 5.75 Å². The molecular formula is C34H37N3O3. The minimum atomic E-state index is -1.75. The van der Waals surface area contributed by atoms with Crippen molar-refractivity contribution in [1.82, 2.24) is 10.2 Å². The molecule has 40 heavy (non-hydrogen) atoms. The number of phenols is 1. The van der Waals surface area contributed by atoms with Crippen molar-refractivity contribution in [2.45, 2.75) is 37.4 Å². The molecule has 0 unspecified atom stereocenters. The summed E-state index contributed by atoms with van der Waals surface area (Å²) >= 11 is 0. The minimum absolute atomic E-state index is 0.145. The third-order valence-corrected chi connectivity index (χ3v) is 7.17. The van der Waals surface area contributed by atoms with Crippen LogP contribution in [0.25, 0.3) is 0 Å². The van der Waals surface area contributed by atoms with Crippen LogP contribution in [-0.4, -0.2) is 40.8 Å². The van der Waals surface area contributed by atoms with E-state index in [0.29, 0.717) is 13.0 Å². The fraction of sp³-hybridized carbons (Fsp3) is 0.235. The molecule has 0 saturated heterocycles. The second-order valence-corrected chi connectivity index (χ2v) is 10.3. The van der Waals surface area contributed by atoms with Crippen molar-refractivity contribution in [1.29, 1.82) is 0 Å². The van der Waals surface area contributed by atoms with Crippen LogP contribution in [0, 0.1) is 0 Å². The normalized spacial score (nSPS) is 12.7. The molecule has 0 saturated carbocycles. The third-order valence-electron chi connectivity index (χ3n) is 7.17. The van der Waals surface area contributed by atoms with Crippen LogP contribution in [0.15, 0.2) is 115 Å². The first-order valence-electron chi connectivity index (χ1n) is 13.6. The number of aromatic hydroxyl groups is 1. The van der Waals surface area contributed by atoms with Gasteiger partial charge in [-0.1, -0.05) is 103 Å². The number of amides is 1. The van der Waals surface area contributed by atoms with E-state index in [4.69, 9.17) is 5.73 Å². The van der Waals surface area contributed by atoms with Crippen molar-refractivity contribution < 1.29 is 14.7 Å². The number of nitrogens with zero attached hydrogens (tertiary/aromatic N) is 1. The number of rotatable bonds is 13. The lowest BCUT2D eigenvalue weighted by Gasteiger charge is -2.32. The van der Waals surface area contributed by atoms with E-state index in [2.05, 4.69) is 22.3 Å². The molecule has 6 nitrogen and oxygen atoms in total. The highest BCUT2D eigenvalue weighted by Crippen LogP contribution is 2.31. The molecule has 0 heterocycles. The van der Waals surface area contributed by atoms with Crippen LogP contribution in [0.4, 0.5) is 0 Å². The minimum Gasteiger partial charge on any atom is -0.508 e. The van der Waals surface area contributed by atoms with Gasteiger partial charge in [0, 0.05) is 13.1 Å². The summed E-state index contributed by atoms with van der Waals surface area (Å²) in [6, 6.07) is 35.7. The van der Waals surface area contributed by atoms with Gasteiger partial charge in [0.25, 0.3) is 0 Å². The largest absolute Gasteiger partial charge is 0.508 e. The Morgan fingerprint density at radius 2 is 1.32 bits per heavy atom. The van der Waals surface area contributed by atoms with E-state index in [-0.39, 0.29) is 24.5 Å². The number of carbonyl (C=O) groups excluding carboxylic acids is 2. The first-order chi connectivity index (χ1) is 19.4. The monoisotopic (exact) mass is 535 g/mol. The van der Waals surface area contributed by atoms with Crippen LogP contribution in [0.3, 0.4) is 0 Å². The highest BCUT2D eigenvalue weighted by molar-refractivity contribution is 6.13. The topological polar surface area (TPSA) is 95.7 Å². The fourth-order valence-electron chi connectivity index (χ4n) is 4.95. The van der Waals surface area contributed by atoms with Crippen molar-refractivity contribution in [2.24, 2.45) is 5.73 Å². The number of nitrogens with one attached hydrogen (secondary N) is 1. The highest BCUT2D eigenvalue weighted by Gasteiger charge is 2.45. The Balaban J connectivity index is 1.57. The molecule has 0 fully saturated rings. The Morgan fingerprint density at radius 1 is 0.800 bits per heavy atom. The maximum absolute atomic E-state index is 14.4. The second kappa shape index (κ2) is 13.7. The fourth-order valence-corrected chi connectivity index (χ4v) is 4.95.